The third-order valence-electron chi connectivity index (χ3n) is 5.49. The number of aromatic nitrogens is 1. The molecule has 1 unspecified atom stereocenters. The van der Waals surface area contributed by atoms with Crippen LogP contribution in [0, 0.1) is 0 Å². The van der Waals surface area contributed by atoms with Gasteiger partial charge in [-0.2, -0.15) is 0 Å². The summed E-state index contributed by atoms with van der Waals surface area (Å²) in [5, 5.41) is 0. The highest BCUT2D eigenvalue weighted by Gasteiger charge is 2.33. The van der Waals surface area contributed by atoms with E-state index in [0.29, 0.717) is 32.1 Å². The standard InChI is InChI=1S/C26H25BrN2O5S/c1-14(2)34-25(31)22-15(3)28-26-29(23(22)16-6-9-19(32-4)10-7-16)24(30)21(35-26)13-17-12-18(27)8-11-20(17)33-5/h6-14,23H,1-5H3/b21-13-. The number of fused-ring (bicyclic) bond motifs is 1. The number of ether oxygens (including phenoxy) is 3. The molecule has 2 heterocycles. The molecule has 0 N–H and O–H groups in total. The number of halogens is 1. The Morgan fingerprint density at radius 3 is 2.49 bits per heavy atom. The van der Waals surface area contributed by atoms with Crippen LogP contribution in [0.1, 0.15) is 37.9 Å². The largest absolute Gasteiger partial charge is 0.497 e. The van der Waals surface area contributed by atoms with E-state index < -0.39 is 12.0 Å². The molecule has 0 saturated carbocycles. The Bertz CT molecular complexity index is 1490. The summed E-state index contributed by atoms with van der Waals surface area (Å²) in [5.74, 6) is 0.822. The molecule has 7 nitrogen and oxygen atoms in total. The number of allylic oxidation sites excluding steroid dienone is 1. The van der Waals surface area contributed by atoms with Crippen molar-refractivity contribution in [2.75, 3.05) is 14.2 Å². The van der Waals surface area contributed by atoms with Gasteiger partial charge in [-0.15, -0.1) is 0 Å². The van der Waals surface area contributed by atoms with Gasteiger partial charge < -0.3 is 14.2 Å². The van der Waals surface area contributed by atoms with Crippen molar-refractivity contribution in [3.05, 3.63) is 89.0 Å². The van der Waals surface area contributed by atoms with Crippen LogP contribution in [0.2, 0.25) is 0 Å². The third kappa shape index (κ3) is 4.97. The third-order valence-corrected chi connectivity index (χ3v) is 6.97. The van der Waals surface area contributed by atoms with E-state index in [4.69, 9.17) is 14.2 Å². The van der Waals surface area contributed by atoms with Crippen LogP contribution in [0.25, 0.3) is 6.08 Å². The summed E-state index contributed by atoms with van der Waals surface area (Å²) in [5.41, 5.74) is 2.11. The van der Waals surface area contributed by atoms with Gasteiger partial charge in [0.2, 0.25) is 0 Å². The van der Waals surface area contributed by atoms with Crippen LogP contribution >= 0.6 is 27.3 Å². The Balaban J connectivity index is 1.95. The van der Waals surface area contributed by atoms with Crippen molar-refractivity contribution < 1.29 is 19.0 Å². The molecule has 35 heavy (non-hydrogen) atoms. The van der Waals surface area contributed by atoms with Gasteiger partial charge in [0.1, 0.15) is 11.5 Å². The molecule has 0 bridgehead atoms. The zero-order valence-electron chi connectivity index (χ0n) is 20.0. The summed E-state index contributed by atoms with van der Waals surface area (Å²) in [6, 6.07) is 12.2. The predicted molar refractivity (Wildman–Crippen MR) is 139 cm³/mol. The van der Waals surface area contributed by atoms with Gasteiger partial charge in [0.15, 0.2) is 4.80 Å². The van der Waals surface area contributed by atoms with Crippen molar-refractivity contribution >= 4 is 39.3 Å². The highest BCUT2D eigenvalue weighted by Crippen LogP contribution is 2.32. The molecule has 1 atom stereocenters. The van der Waals surface area contributed by atoms with Crippen LogP contribution < -0.4 is 24.4 Å². The van der Waals surface area contributed by atoms with Crippen LogP contribution in [0.15, 0.2) is 68.0 Å². The van der Waals surface area contributed by atoms with Crippen LogP contribution in [0.4, 0.5) is 0 Å². The molecular formula is C26H25BrN2O5S. The average molecular weight is 557 g/mol. The fourth-order valence-electron chi connectivity index (χ4n) is 3.92. The van der Waals surface area contributed by atoms with Gasteiger partial charge in [-0.25, -0.2) is 9.79 Å². The number of nitrogens with zero attached hydrogens (tertiary/aromatic N) is 2. The van der Waals surface area contributed by atoms with Gasteiger partial charge in [-0.3, -0.25) is 9.36 Å². The number of hydrogen-bond acceptors (Lipinski definition) is 7. The van der Waals surface area contributed by atoms with E-state index in [1.165, 1.54) is 11.3 Å². The summed E-state index contributed by atoms with van der Waals surface area (Å²) in [7, 11) is 3.17. The number of esters is 1. The molecule has 0 amide bonds. The second kappa shape index (κ2) is 10.2. The smallest absolute Gasteiger partial charge is 0.338 e. The fraction of sp³-hybridized carbons (Fsp3) is 0.269. The van der Waals surface area contributed by atoms with Crippen LogP contribution in [-0.4, -0.2) is 30.9 Å². The van der Waals surface area contributed by atoms with Gasteiger partial charge in [0.05, 0.1) is 42.2 Å². The van der Waals surface area contributed by atoms with E-state index in [0.717, 1.165) is 15.6 Å². The number of carbonyl (C=O) groups is 1. The van der Waals surface area contributed by atoms with E-state index in [1.807, 2.05) is 30.3 Å². The molecule has 9 heteroatoms. The van der Waals surface area contributed by atoms with Crippen molar-refractivity contribution in [2.45, 2.75) is 32.9 Å². The van der Waals surface area contributed by atoms with E-state index in [-0.39, 0.29) is 11.7 Å². The second-order valence-corrected chi connectivity index (χ2v) is 10.1. The van der Waals surface area contributed by atoms with E-state index in [2.05, 4.69) is 20.9 Å². The monoisotopic (exact) mass is 556 g/mol. The molecule has 0 fully saturated rings. The number of carbonyl (C=O) groups excluding carboxylic acids is 1. The summed E-state index contributed by atoms with van der Waals surface area (Å²) >= 11 is 4.74. The molecule has 4 rings (SSSR count). The molecule has 1 aliphatic heterocycles. The van der Waals surface area contributed by atoms with Gasteiger partial charge in [-0.05, 0) is 62.7 Å². The average Bonchev–Trinajstić information content (AvgIpc) is 3.12. The Kier molecular flexibility index (Phi) is 7.28. The molecule has 0 spiro atoms. The van der Waals surface area contributed by atoms with Crippen molar-refractivity contribution in [3.8, 4) is 11.5 Å². The summed E-state index contributed by atoms with van der Waals surface area (Å²) in [4.78, 5) is 32.0. The van der Waals surface area contributed by atoms with E-state index in [9.17, 15) is 9.59 Å². The summed E-state index contributed by atoms with van der Waals surface area (Å²) in [6.45, 7) is 5.34. The van der Waals surface area contributed by atoms with Crippen molar-refractivity contribution in [1.29, 1.82) is 0 Å². The molecule has 0 saturated heterocycles. The van der Waals surface area contributed by atoms with Crippen molar-refractivity contribution in [1.82, 2.24) is 4.57 Å². The maximum Gasteiger partial charge on any atom is 0.338 e. The lowest BCUT2D eigenvalue weighted by molar-refractivity contribution is -0.143. The van der Waals surface area contributed by atoms with Crippen LogP contribution in [0.3, 0.4) is 0 Å². The Morgan fingerprint density at radius 2 is 1.86 bits per heavy atom. The lowest BCUT2D eigenvalue weighted by Gasteiger charge is -2.25. The molecule has 2 aromatic carbocycles. The van der Waals surface area contributed by atoms with Crippen molar-refractivity contribution in [2.24, 2.45) is 4.99 Å². The van der Waals surface area contributed by atoms with Crippen LogP contribution in [0.5, 0.6) is 11.5 Å². The van der Waals surface area contributed by atoms with Gasteiger partial charge >= 0.3 is 5.97 Å². The first-order chi connectivity index (χ1) is 16.7. The molecular weight excluding hydrogens is 532 g/mol. The van der Waals surface area contributed by atoms with E-state index in [1.54, 1.807) is 57.8 Å². The minimum Gasteiger partial charge on any atom is -0.497 e. The Hall–Kier alpha value is -3.17. The molecule has 182 valence electrons. The van der Waals surface area contributed by atoms with Crippen molar-refractivity contribution in [3.63, 3.8) is 0 Å². The zero-order chi connectivity index (χ0) is 25.3. The molecule has 1 aromatic heterocycles. The number of rotatable bonds is 6. The molecule has 0 aliphatic carbocycles. The lowest BCUT2D eigenvalue weighted by atomic mass is 9.96. The van der Waals surface area contributed by atoms with Gasteiger partial charge in [-0.1, -0.05) is 39.4 Å². The summed E-state index contributed by atoms with van der Waals surface area (Å²) in [6.07, 6.45) is 1.47. The fourth-order valence-corrected chi connectivity index (χ4v) is 5.34. The van der Waals surface area contributed by atoms with Gasteiger partial charge in [0.25, 0.3) is 5.56 Å². The second-order valence-electron chi connectivity index (χ2n) is 8.20. The number of hydrogen-bond donors (Lipinski definition) is 0. The summed E-state index contributed by atoms with van der Waals surface area (Å²) < 4.78 is 19.2. The number of thiazole rings is 1. The predicted octanol–water partition coefficient (Wildman–Crippen LogP) is 3.97. The number of methoxy groups -OCH3 is 2. The quantitative estimate of drug-likeness (QED) is 0.429. The van der Waals surface area contributed by atoms with E-state index >= 15 is 0 Å². The number of benzene rings is 2. The topological polar surface area (TPSA) is 79.1 Å². The maximum atomic E-state index is 13.7. The molecule has 3 aromatic rings. The Morgan fingerprint density at radius 1 is 1.14 bits per heavy atom. The first-order valence-electron chi connectivity index (χ1n) is 10.9. The first kappa shape index (κ1) is 24.9. The highest BCUT2D eigenvalue weighted by molar-refractivity contribution is 9.10. The highest BCUT2D eigenvalue weighted by atomic mass is 79.9. The first-order valence-corrected chi connectivity index (χ1v) is 12.6. The lowest BCUT2D eigenvalue weighted by Crippen LogP contribution is -2.40. The molecule has 1 aliphatic rings. The normalized spacial score (nSPS) is 15.6. The molecule has 0 radical (unpaired) electrons. The zero-order valence-corrected chi connectivity index (χ0v) is 22.4. The minimum absolute atomic E-state index is 0.251. The minimum atomic E-state index is -0.685. The Labute approximate surface area is 215 Å². The SMILES string of the molecule is COc1ccc(C2C(C(=O)OC(C)C)=C(C)N=c3s/c(=C\c4cc(Br)ccc4OC)c(=O)n32)cc1. The van der Waals surface area contributed by atoms with Gasteiger partial charge in [0, 0.05) is 10.0 Å². The maximum absolute atomic E-state index is 13.7. The van der Waals surface area contributed by atoms with Crippen LogP contribution in [-0.2, 0) is 9.53 Å².